The Morgan fingerprint density at radius 3 is 3.08 bits per heavy atom. The van der Waals surface area contributed by atoms with Crippen molar-refractivity contribution in [3.05, 3.63) is 23.4 Å². The number of rotatable bonds is 6. The van der Waals surface area contributed by atoms with Gasteiger partial charge in [-0.15, -0.1) is 11.3 Å². The minimum atomic E-state index is -0.944. The molecule has 1 aliphatic rings. The van der Waals surface area contributed by atoms with Crippen LogP contribution in [0.3, 0.4) is 0 Å². The maximum atomic E-state index is 12.4. The van der Waals surface area contributed by atoms with Crippen LogP contribution in [0.4, 0.5) is 0 Å². The molecular formula is C15H17N3O5S. The van der Waals surface area contributed by atoms with Gasteiger partial charge in [-0.2, -0.15) is 4.98 Å². The van der Waals surface area contributed by atoms with Crippen LogP contribution >= 0.6 is 11.3 Å². The SMILES string of the molecule is O=C(O)CC1COCCN1C(=O)CCc1nc(-c2cccs2)no1. The fourth-order valence-electron chi connectivity index (χ4n) is 2.57. The fourth-order valence-corrected chi connectivity index (χ4v) is 3.22. The van der Waals surface area contributed by atoms with E-state index in [4.69, 9.17) is 14.4 Å². The third kappa shape index (κ3) is 3.98. The van der Waals surface area contributed by atoms with Gasteiger partial charge in [-0.1, -0.05) is 11.2 Å². The third-order valence-electron chi connectivity index (χ3n) is 3.72. The smallest absolute Gasteiger partial charge is 0.305 e. The standard InChI is InChI=1S/C15H17N3O5S/c19-13(18-5-6-22-9-10(18)8-14(20)21)4-3-12-16-15(17-23-12)11-2-1-7-24-11/h1-2,7,10H,3-6,8-9H2,(H,20,21). The Bertz CT molecular complexity index is 700. The third-order valence-corrected chi connectivity index (χ3v) is 4.59. The van der Waals surface area contributed by atoms with E-state index in [2.05, 4.69) is 10.1 Å². The Balaban J connectivity index is 1.57. The molecule has 0 aliphatic carbocycles. The first-order valence-corrected chi connectivity index (χ1v) is 8.47. The van der Waals surface area contributed by atoms with Crippen molar-refractivity contribution < 1.29 is 24.0 Å². The van der Waals surface area contributed by atoms with E-state index < -0.39 is 12.0 Å². The van der Waals surface area contributed by atoms with Crippen LogP contribution in [0.15, 0.2) is 22.0 Å². The lowest BCUT2D eigenvalue weighted by Gasteiger charge is -2.34. The summed E-state index contributed by atoms with van der Waals surface area (Å²) < 4.78 is 10.4. The van der Waals surface area contributed by atoms with Crippen molar-refractivity contribution in [2.75, 3.05) is 19.8 Å². The number of ether oxygens (including phenoxy) is 1. The molecule has 3 rings (SSSR count). The Morgan fingerprint density at radius 1 is 1.46 bits per heavy atom. The second kappa shape index (κ2) is 7.54. The van der Waals surface area contributed by atoms with Crippen LogP contribution in [0, 0.1) is 0 Å². The van der Waals surface area contributed by atoms with Gasteiger partial charge in [-0.05, 0) is 11.4 Å². The minimum Gasteiger partial charge on any atom is -0.481 e. The van der Waals surface area contributed by atoms with Gasteiger partial charge >= 0.3 is 5.97 Å². The summed E-state index contributed by atoms with van der Waals surface area (Å²) in [5.74, 6) is -0.154. The van der Waals surface area contributed by atoms with Gasteiger partial charge in [-0.25, -0.2) is 0 Å². The zero-order valence-corrected chi connectivity index (χ0v) is 13.7. The van der Waals surface area contributed by atoms with Crippen molar-refractivity contribution in [1.82, 2.24) is 15.0 Å². The molecule has 1 atom stereocenters. The predicted molar refractivity (Wildman–Crippen MR) is 84.5 cm³/mol. The number of carboxylic acid groups (broad SMARTS) is 1. The summed E-state index contributed by atoms with van der Waals surface area (Å²) in [6.45, 7) is 1.08. The van der Waals surface area contributed by atoms with Crippen LogP contribution in [-0.2, 0) is 20.7 Å². The highest BCUT2D eigenvalue weighted by Crippen LogP contribution is 2.21. The second-order valence-electron chi connectivity index (χ2n) is 5.40. The summed E-state index contributed by atoms with van der Waals surface area (Å²) >= 11 is 1.51. The van der Waals surface area contributed by atoms with E-state index in [1.807, 2.05) is 17.5 Å². The first kappa shape index (κ1) is 16.6. The molecule has 0 spiro atoms. The van der Waals surface area contributed by atoms with E-state index in [1.165, 1.54) is 11.3 Å². The largest absolute Gasteiger partial charge is 0.481 e. The lowest BCUT2D eigenvalue weighted by atomic mass is 10.1. The minimum absolute atomic E-state index is 0.116. The zero-order chi connectivity index (χ0) is 16.9. The number of morpholine rings is 1. The molecule has 1 aliphatic heterocycles. The maximum absolute atomic E-state index is 12.4. The summed E-state index contributed by atoms with van der Waals surface area (Å²) in [7, 11) is 0. The van der Waals surface area contributed by atoms with Crippen LogP contribution in [0.1, 0.15) is 18.7 Å². The molecule has 2 aromatic rings. The summed E-state index contributed by atoms with van der Waals surface area (Å²) in [6, 6.07) is 3.38. The number of hydrogen-bond donors (Lipinski definition) is 1. The number of aliphatic carboxylic acids is 1. The molecule has 3 heterocycles. The predicted octanol–water partition coefficient (Wildman–Crippen LogP) is 1.43. The average molecular weight is 351 g/mol. The number of aromatic nitrogens is 2. The van der Waals surface area contributed by atoms with Gasteiger partial charge in [0.2, 0.25) is 17.6 Å². The van der Waals surface area contributed by atoms with Gasteiger partial charge in [0, 0.05) is 19.4 Å². The van der Waals surface area contributed by atoms with Crippen molar-refractivity contribution >= 4 is 23.2 Å². The number of aryl methyl sites for hydroxylation is 1. The Hall–Kier alpha value is -2.26. The maximum Gasteiger partial charge on any atom is 0.305 e. The van der Waals surface area contributed by atoms with Crippen LogP contribution in [0.5, 0.6) is 0 Å². The van der Waals surface area contributed by atoms with Gasteiger partial charge in [0.1, 0.15) is 0 Å². The number of thiophene rings is 1. The highest BCUT2D eigenvalue weighted by molar-refractivity contribution is 7.13. The van der Waals surface area contributed by atoms with Crippen LogP contribution in [0.25, 0.3) is 10.7 Å². The van der Waals surface area contributed by atoms with Crippen molar-refractivity contribution in [2.24, 2.45) is 0 Å². The summed E-state index contributed by atoms with van der Waals surface area (Å²) in [5.41, 5.74) is 0. The van der Waals surface area contributed by atoms with Gasteiger partial charge in [0.15, 0.2) is 0 Å². The van der Waals surface area contributed by atoms with E-state index in [0.717, 1.165) is 4.88 Å². The monoisotopic (exact) mass is 351 g/mol. The van der Waals surface area contributed by atoms with Crippen molar-refractivity contribution in [3.63, 3.8) is 0 Å². The van der Waals surface area contributed by atoms with Crippen LogP contribution in [-0.4, -0.2) is 57.8 Å². The quantitative estimate of drug-likeness (QED) is 0.839. The lowest BCUT2D eigenvalue weighted by Crippen LogP contribution is -2.49. The van der Waals surface area contributed by atoms with Gasteiger partial charge in [-0.3, -0.25) is 9.59 Å². The molecule has 0 saturated carbocycles. The molecule has 1 amide bonds. The van der Waals surface area contributed by atoms with Crippen molar-refractivity contribution in [1.29, 1.82) is 0 Å². The molecule has 1 saturated heterocycles. The zero-order valence-electron chi connectivity index (χ0n) is 12.9. The highest BCUT2D eigenvalue weighted by atomic mass is 32.1. The van der Waals surface area contributed by atoms with Gasteiger partial charge in [0.25, 0.3) is 0 Å². The molecule has 8 nitrogen and oxygen atoms in total. The first-order chi connectivity index (χ1) is 11.6. The first-order valence-electron chi connectivity index (χ1n) is 7.59. The Labute approximate surface area is 142 Å². The molecule has 1 fully saturated rings. The molecule has 1 N–H and O–H groups in total. The van der Waals surface area contributed by atoms with Gasteiger partial charge < -0.3 is 19.3 Å². The molecule has 0 aromatic carbocycles. The number of carboxylic acids is 1. The van der Waals surface area contributed by atoms with E-state index in [0.29, 0.717) is 31.3 Å². The Kier molecular flexibility index (Phi) is 5.21. The van der Waals surface area contributed by atoms with Crippen LogP contribution < -0.4 is 0 Å². The van der Waals surface area contributed by atoms with Gasteiger partial charge in [0.05, 0.1) is 30.6 Å². The highest BCUT2D eigenvalue weighted by Gasteiger charge is 2.29. The summed E-state index contributed by atoms with van der Waals surface area (Å²) in [4.78, 5) is 30.1. The number of amides is 1. The van der Waals surface area contributed by atoms with E-state index in [-0.39, 0.29) is 25.4 Å². The average Bonchev–Trinajstić information content (AvgIpc) is 3.24. The number of carbonyl (C=O) groups excluding carboxylic acids is 1. The molecule has 128 valence electrons. The topological polar surface area (TPSA) is 106 Å². The molecule has 0 radical (unpaired) electrons. The van der Waals surface area contributed by atoms with Crippen molar-refractivity contribution in [3.8, 4) is 10.7 Å². The van der Waals surface area contributed by atoms with E-state index in [1.54, 1.807) is 4.90 Å². The number of carbonyl (C=O) groups is 2. The molecule has 9 heteroatoms. The summed E-state index contributed by atoms with van der Waals surface area (Å²) in [5, 5.41) is 14.8. The number of hydrogen-bond acceptors (Lipinski definition) is 7. The molecule has 0 bridgehead atoms. The number of nitrogens with zero attached hydrogens (tertiary/aromatic N) is 3. The molecule has 2 aromatic heterocycles. The second-order valence-corrected chi connectivity index (χ2v) is 6.35. The molecular weight excluding hydrogens is 334 g/mol. The van der Waals surface area contributed by atoms with Crippen LogP contribution in [0.2, 0.25) is 0 Å². The van der Waals surface area contributed by atoms with E-state index >= 15 is 0 Å². The molecule has 24 heavy (non-hydrogen) atoms. The normalized spacial score (nSPS) is 17.8. The van der Waals surface area contributed by atoms with E-state index in [9.17, 15) is 9.59 Å². The Morgan fingerprint density at radius 2 is 2.33 bits per heavy atom. The lowest BCUT2D eigenvalue weighted by molar-refractivity contribution is -0.146. The molecule has 1 unspecified atom stereocenters. The summed E-state index contributed by atoms with van der Waals surface area (Å²) in [6.07, 6.45) is 0.408. The fraction of sp³-hybridized carbons (Fsp3) is 0.467. The van der Waals surface area contributed by atoms with Crippen molar-refractivity contribution in [2.45, 2.75) is 25.3 Å².